The van der Waals surface area contributed by atoms with Gasteiger partial charge < -0.3 is 11.1 Å². The molecule has 0 aliphatic carbocycles. The lowest BCUT2D eigenvalue weighted by Gasteiger charge is -2.06. The molecule has 3 N–H and O–H groups in total. The molecule has 2 amide bonds. The zero-order valence-electron chi connectivity index (χ0n) is 10.6. The zero-order chi connectivity index (χ0) is 14.5. The topological polar surface area (TPSA) is 72.2 Å². The van der Waals surface area contributed by atoms with Gasteiger partial charge in [-0.25, -0.2) is 0 Å². The van der Waals surface area contributed by atoms with Crippen LogP contribution < -0.4 is 11.1 Å². The van der Waals surface area contributed by atoms with Crippen LogP contribution in [-0.4, -0.2) is 11.8 Å². The molecule has 4 nitrogen and oxygen atoms in total. The minimum atomic E-state index is -0.535. The number of hydrogen-bond acceptors (Lipinski definition) is 2. The van der Waals surface area contributed by atoms with E-state index in [-0.39, 0.29) is 5.91 Å². The first-order valence-corrected chi connectivity index (χ1v) is 6.49. The first-order valence-electron chi connectivity index (χ1n) is 5.96. The van der Waals surface area contributed by atoms with Gasteiger partial charge in [-0.1, -0.05) is 18.2 Å². The van der Waals surface area contributed by atoms with E-state index in [0.29, 0.717) is 22.7 Å². The van der Waals surface area contributed by atoms with Gasteiger partial charge in [0.2, 0.25) is 5.91 Å². The van der Waals surface area contributed by atoms with E-state index in [1.807, 2.05) is 0 Å². The Bertz CT molecular complexity index is 639. The van der Waals surface area contributed by atoms with E-state index >= 15 is 0 Å². The number of nitrogens with one attached hydrogen (secondary N) is 1. The predicted octanol–water partition coefficient (Wildman–Crippen LogP) is 2.78. The molecule has 102 valence electrons. The molecular weight excluding hydrogens is 276 g/mol. The van der Waals surface area contributed by atoms with Gasteiger partial charge in [0, 0.05) is 22.7 Å². The number of hydrogen-bond donors (Lipinski definition) is 2. The number of primary amides is 1. The van der Waals surface area contributed by atoms with Gasteiger partial charge in [-0.15, -0.1) is 11.6 Å². The van der Waals surface area contributed by atoms with Crippen molar-refractivity contribution in [2.24, 2.45) is 5.73 Å². The Morgan fingerprint density at radius 1 is 1.05 bits per heavy atom. The van der Waals surface area contributed by atoms with Crippen molar-refractivity contribution in [2.45, 2.75) is 5.88 Å². The number of rotatable bonds is 4. The Hall–Kier alpha value is -2.33. The number of anilines is 1. The smallest absolute Gasteiger partial charge is 0.255 e. The van der Waals surface area contributed by atoms with Crippen LogP contribution in [-0.2, 0) is 5.88 Å². The van der Waals surface area contributed by atoms with Gasteiger partial charge >= 0.3 is 0 Å². The summed E-state index contributed by atoms with van der Waals surface area (Å²) in [5, 5.41) is 2.71. The number of benzene rings is 2. The predicted molar refractivity (Wildman–Crippen MR) is 78.9 cm³/mol. The van der Waals surface area contributed by atoms with E-state index in [1.54, 1.807) is 42.5 Å². The van der Waals surface area contributed by atoms with Crippen molar-refractivity contribution in [3.05, 3.63) is 65.2 Å². The van der Waals surface area contributed by atoms with Crippen LogP contribution in [0.3, 0.4) is 0 Å². The normalized spacial score (nSPS) is 10.1. The summed E-state index contributed by atoms with van der Waals surface area (Å²) in [5.74, 6) is -0.386. The van der Waals surface area contributed by atoms with Crippen molar-refractivity contribution in [3.63, 3.8) is 0 Å². The molecule has 0 spiro atoms. The highest BCUT2D eigenvalue weighted by atomic mass is 35.5. The Labute approximate surface area is 121 Å². The average molecular weight is 289 g/mol. The molecule has 0 saturated heterocycles. The van der Waals surface area contributed by atoms with E-state index in [2.05, 4.69) is 5.32 Å². The highest BCUT2D eigenvalue weighted by Crippen LogP contribution is 2.13. The third-order valence-electron chi connectivity index (χ3n) is 2.78. The second-order valence-electron chi connectivity index (χ2n) is 4.23. The lowest BCUT2D eigenvalue weighted by atomic mass is 10.1. The molecule has 20 heavy (non-hydrogen) atoms. The van der Waals surface area contributed by atoms with Gasteiger partial charge in [0.1, 0.15) is 0 Å². The lowest BCUT2D eigenvalue weighted by Crippen LogP contribution is -2.14. The monoisotopic (exact) mass is 288 g/mol. The second-order valence-corrected chi connectivity index (χ2v) is 4.50. The maximum atomic E-state index is 12.0. The standard InChI is InChI=1S/C15H13ClN2O2/c16-9-10-4-6-11(7-5-10)15(20)18-13-3-1-2-12(8-13)14(17)19/h1-8H,9H2,(H2,17,19)(H,18,20). The Balaban J connectivity index is 2.14. The molecule has 0 aliphatic heterocycles. The fourth-order valence-electron chi connectivity index (χ4n) is 1.70. The van der Waals surface area contributed by atoms with E-state index in [0.717, 1.165) is 5.56 Å². The van der Waals surface area contributed by atoms with Crippen LogP contribution in [0.5, 0.6) is 0 Å². The number of nitrogens with two attached hydrogens (primary N) is 1. The fraction of sp³-hybridized carbons (Fsp3) is 0.0667. The number of halogens is 1. The molecule has 0 heterocycles. The van der Waals surface area contributed by atoms with E-state index in [9.17, 15) is 9.59 Å². The van der Waals surface area contributed by atoms with Crippen molar-refractivity contribution in [1.82, 2.24) is 0 Å². The van der Waals surface area contributed by atoms with Gasteiger partial charge in [-0.2, -0.15) is 0 Å². The number of alkyl halides is 1. The molecule has 2 rings (SSSR count). The van der Waals surface area contributed by atoms with E-state index in [4.69, 9.17) is 17.3 Å². The minimum Gasteiger partial charge on any atom is -0.366 e. The number of carbonyl (C=O) groups excluding carboxylic acids is 2. The summed E-state index contributed by atoms with van der Waals surface area (Å²) in [6, 6.07) is 13.5. The Kier molecular flexibility index (Phi) is 4.38. The van der Waals surface area contributed by atoms with Crippen LogP contribution in [0.15, 0.2) is 48.5 Å². The molecule has 0 fully saturated rings. The van der Waals surface area contributed by atoms with Crippen LogP contribution in [0, 0.1) is 0 Å². The molecule has 5 heteroatoms. The molecule has 0 aromatic heterocycles. The van der Waals surface area contributed by atoms with Crippen molar-refractivity contribution < 1.29 is 9.59 Å². The van der Waals surface area contributed by atoms with Gasteiger partial charge in [0.15, 0.2) is 0 Å². The highest BCUT2D eigenvalue weighted by Gasteiger charge is 2.07. The zero-order valence-corrected chi connectivity index (χ0v) is 11.4. The third kappa shape index (κ3) is 3.36. The minimum absolute atomic E-state index is 0.257. The first-order chi connectivity index (χ1) is 9.60. The molecule has 2 aromatic carbocycles. The van der Waals surface area contributed by atoms with Crippen LogP contribution >= 0.6 is 11.6 Å². The summed E-state index contributed by atoms with van der Waals surface area (Å²) in [7, 11) is 0. The summed E-state index contributed by atoms with van der Waals surface area (Å²) in [4.78, 5) is 23.1. The van der Waals surface area contributed by atoms with E-state index in [1.165, 1.54) is 6.07 Å². The SMILES string of the molecule is NC(=O)c1cccc(NC(=O)c2ccc(CCl)cc2)c1. The van der Waals surface area contributed by atoms with Crippen LogP contribution in [0.4, 0.5) is 5.69 Å². The summed E-state index contributed by atoms with van der Waals surface area (Å²) >= 11 is 5.69. The largest absolute Gasteiger partial charge is 0.366 e. The van der Waals surface area contributed by atoms with Crippen molar-refractivity contribution in [1.29, 1.82) is 0 Å². The average Bonchev–Trinajstić information content (AvgIpc) is 2.47. The van der Waals surface area contributed by atoms with Gasteiger partial charge in [0.25, 0.3) is 5.91 Å². The van der Waals surface area contributed by atoms with Crippen molar-refractivity contribution in [3.8, 4) is 0 Å². The van der Waals surface area contributed by atoms with Crippen LogP contribution in [0.2, 0.25) is 0 Å². The maximum absolute atomic E-state index is 12.0. The lowest BCUT2D eigenvalue weighted by molar-refractivity contribution is 0.0996. The van der Waals surface area contributed by atoms with Crippen molar-refractivity contribution in [2.75, 3.05) is 5.32 Å². The summed E-state index contributed by atoms with van der Waals surface area (Å²) < 4.78 is 0. The molecule has 0 bridgehead atoms. The molecular formula is C15H13ClN2O2. The second kappa shape index (κ2) is 6.21. The third-order valence-corrected chi connectivity index (χ3v) is 3.08. The molecule has 0 unspecified atom stereocenters. The van der Waals surface area contributed by atoms with Gasteiger partial charge in [0.05, 0.1) is 0 Å². The summed E-state index contributed by atoms with van der Waals surface area (Å²) in [6.07, 6.45) is 0. The van der Waals surface area contributed by atoms with Crippen LogP contribution in [0.25, 0.3) is 0 Å². The molecule has 0 aliphatic rings. The van der Waals surface area contributed by atoms with Crippen molar-refractivity contribution >= 4 is 29.1 Å². The molecule has 0 saturated carbocycles. The summed E-state index contributed by atoms with van der Waals surface area (Å²) in [6.45, 7) is 0. The van der Waals surface area contributed by atoms with Gasteiger partial charge in [-0.05, 0) is 35.9 Å². The number of carbonyl (C=O) groups is 2. The van der Waals surface area contributed by atoms with Crippen LogP contribution in [0.1, 0.15) is 26.3 Å². The molecule has 2 aromatic rings. The first kappa shape index (κ1) is 14.1. The highest BCUT2D eigenvalue weighted by molar-refractivity contribution is 6.17. The van der Waals surface area contributed by atoms with E-state index < -0.39 is 5.91 Å². The maximum Gasteiger partial charge on any atom is 0.255 e. The molecule has 0 radical (unpaired) electrons. The number of amides is 2. The summed E-state index contributed by atoms with van der Waals surface area (Å²) in [5.41, 5.74) is 7.52. The Morgan fingerprint density at radius 3 is 2.35 bits per heavy atom. The quantitative estimate of drug-likeness (QED) is 0.849. The Morgan fingerprint density at radius 2 is 1.75 bits per heavy atom. The molecule has 0 atom stereocenters. The van der Waals surface area contributed by atoms with Gasteiger partial charge in [-0.3, -0.25) is 9.59 Å². The fourth-order valence-corrected chi connectivity index (χ4v) is 1.88.